The van der Waals surface area contributed by atoms with Crippen LogP contribution in [0.15, 0.2) is 26.3 Å². The van der Waals surface area contributed by atoms with E-state index in [-0.39, 0.29) is 0 Å². The Morgan fingerprint density at radius 2 is 2.22 bits per heavy atom. The summed E-state index contributed by atoms with van der Waals surface area (Å²) in [5, 5.41) is 11.7. The van der Waals surface area contributed by atoms with Gasteiger partial charge in [-0.25, -0.2) is 9.97 Å². The highest BCUT2D eigenvalue weighted by Gasteiger charge is 2.04. The molecule has 0 atom stereocenters. The van der Waals surface area contributed by atoms with Gasteiger partial charge in [0.1, 0.15) is 4.34 Å². The lowest BCUT2D eigenvalue weighted by atomic mass is 10.4. The molecule has 2 N–H and O–H groups in total. The lowest BCUT2D eigenvalue weighted by Gasteiger charge is -2.10. The van der Waals surface area contributed by atoms with Crippen molar-refractivity contribution in [3.8, 4) is 0 Å². The van der Waals surface area contributed by atoms with E-state index >= 15 is 0 Å². The number of nitrogens with zero attached hydrogens (tertiary/aromatic N) is 4. The van der Waals surface area contributed by atoms with E-state index in [1.165, 1.54) is 0 Å². The average molecular weight is 371 g/mol. The zero-order chi connectivity index (χ0) is 16.5. The molecule has 9 heteroatoms. The number of anilines is 1. The van der Waals surface area contributed by atoms with Crippen LogP contribution in [-0.2, 0) is 6.54 Å². The number of hydrogen-bond donors (Lipinski definition) is 2. The highest BCUT2D eigenvalue weighted by molar-refractivity contribution is 8.00. The van der Waals surface area contributed by atoms with Gasteiger partial charge in [-0.3, -0.25) is 4.99 Å². The second-order valence-corrected chi connectivity index (χ2v) is 7.94. The van der Waals surface area contributed by atoms with Crippen LogP contribution in [0.5, 0.6) is 0 Å². The summed E-state index contributed by atoms with van der Waals surface area (Å²) in [6, 6.07) is 0. The normalized spacial score (nSPS) is 11.5. The number of thioether (sulfide) groups is 1. The van der Waals surface area contributed by atoms with Gasteiger partial charge < -0.3 is 15.5 Å². The highest BCUT2D eigenvalue weighted by atomic mass is 32.2. The van der Waals surface area contributed by atoms with E-state index in [1.807, 2.05) is 30.6 Å². The summed E-state index contributed by atoms with van der Waals surface area (Å²) in [6.07, 6.45) is 2.91. The van der Waals surface area contributed by atoms with Crippen LogP contribution in [-0.4, -0.2) is 49.4 Å². The molecule has 0 unspecified atom stereocenters. The first kappa shape index (κ1) is 18.0. The molecule has 0 saturated heterocycles. The quantitative estimate of drug-likeness (QED) is 0.322. The Bertz CT molecular complexity index is 593. The van der Waals surface area contributed by atoms with Crippen LogP contribution in [0.1, 0.15) is 12.1 Å². The van der Waals surface area contributed by atoms with Gasteiger partial charge in [-0.1, -0.05) is 11.8 Å². The van der Waals surface area contributed by atoms with Gasteiger partial charge in [0, 0.05) is 50.4 Å². The minimum atomic E-state index is 0.678. The van der Waals surface area contributed by atoms with Crippen molar-refractivity contribution in [2.45, 2.75) is 17.3 Å². The van der Waals surface area contributed by atoms with Crippen LogP contribution in [0.25, 0.3) is 0 Å². The van der Waals surface area contributed by atoms with E-state index < -0.39 is 0 Å². The Labute approximate surface area is 149 Å². The average Bonchev–Trinajstić information content (AvgIpc) is 3.21. The predicted molar refractivity (Wildman–Crippen MR) is 102 cm³/mol. The van der Waals surface area contributed by atoms with Crippen molar-refractivity contribution in [1.29, 1.82) is 0 Å². The fourth-order valence-electron chi connectivity index (χ4n) is 1.70. The number of nitrogens with one attached hydrogen (secondary N) is 2. The van der Waals surface area contributed by atoms with Crippen LogP contribution in [0.2, 0.25) is 0 Å². The molecule has 2 aromatic rings. The summed E-state index contributed by atoms with van der Waals surface area (Å²) in [7, 11) is 5.78. The van der Waals surface area contributed by atoms with E-state index in [4.69, 9.17) is 0 Å². The molecule has 0 aromatic carbocycles. The molecule has 0 spiro atoms. The van der Waals surface area contributed by atoms with Crippen molar-refractivity contribution in [3.63, 3.8) is 0 Å². The SMILES string of the molecule is CN=C(NCCCSc1nccs1)NCc1csc(N(C)C)n1. The Kier molecular flexibility index (Phi) is 7.63. The third-order valence-corrected chi connectivity index (χ3v) is 5.94. The molecule has 126 valence electrons. The Balaban J connectivity index is 1.63. The molecule has 2 heterocycles. The van der Waals surface area contributed by atoms with Crippen LogP contribution >= 0.6 is 34.4 Å². The highest BCUT2D eigenvalue weighted by Crippen LogP contribution is 2.20. The first-order valence-corrected chi connectivity index (χ1v) is 10.0. The monoisotopic (exact) mass is 370 g/mol. The van der Waals surface area contributed by atoms with E-state index in [9.17, 15) is 0 Å². The van der Waals surface area contributed by atoms with Gasteiger partial charge in [0.25, 0.3) is 0 Å². The van der Waals surface area contributed by atoms with Gasteiger partial charge in [-0.15, -0.1) is 22.7 Å². The molecule has 0 aliphatic rings. The van der Waals surface area contributed by atoms with E-state index in [2.05, 4.69) is 31.0 Å². The fourth-order valence-corrected chi connectivity index (χ4v) is 4.10. The van der Waals surface area contributed by atoms with Gasteiger partial charge >= 0.3 is 0 Å². The second-order valence-electron chi connectivity index (χ2n) is 4.87. The summed E-state index contributed by atoms with van der Waals surface area (Å²) in [5.74, 6) is 1.86. The van der Waals surface area contributed by atoms with Crippen LogP contribution < -0.4 is 15.5 Å². The van der Waals surface area contributed by atoms with Crippen molar-refractivity contribution in [2.75, 3.05) is 38.3 Å². The summed E-state index contributed by atoms with van der Waals surface area (Å²) < 4.78 is 1.13. The van der Waals surface area contributed by atoms with Crippen molar-refractivity contribution in [1.82, 2.24) is 20.6 Å². The van der Waals surface area contributed by atoms with Gasteiger partial charge in [0.2, 0.25) is 0 Å². The number of aliphatic imine (C=N–C) groups is 1. The zero-order valence-corrected chi connectivity index (χ0v) is 16.0. The third kappa shape index (κ3) is 6.36. The lowest BCUT2D eigenvalue weighted by Crippen LogP contribution is -2.37. The van der Waals surface area contributed by atoms with Crippen molar-refractivity contribution in [2.24, 2.45) is 4.99 Å². The largest absolute Gasteiger partial charge is 0.356 e. The molecule has 2 rings (SSSR count). The minimum absolute atomic E-state index is 0.678. The van der Waals surface area contributed by atoms with E-state index in [1.54, 1.807) is 41.5 Å². The van der Waals surface area contributed by atoms with Gasteiger partial charge in [0.05, 0.1) is 12.2 Å². The van der Waals surface area contributed by atoms with Gasteiger partial charge in [-0.2, -0.15) is 0 Å². The molecule has 0 bridgehead atoms. The van der Waals surface area contributed by atoms with Crippen LogP contribution in [0.4, 0.5) is 5.13 Å². The summed E-state index contributed by atoms with van der Waals surface area (Å²) in [6.45, 7) is 1.57. The summed E-state index contributed by atoms with van der Waals surface area (Å²) in [5.41, 5.74) is 1.03. The number of aromatic nitrogens is 2. The lowest BCUT2D eigenvalue weighted by molar-refractivity contribution is 0.778. The summed E-state index contributed by atoms with van der Waals surface area (Å²) in [4.78, 5) is 15.1. The maximum absolute atomic E-state index is 4.54. The minimum Gasteiger partial charge on any atom is -0.356 e. The molecule has 0 radical (unpaired) electrons. The Morgan fingerprint density at radius 1 is 1.35 bits per heavy atom. The Hall–Kier alpha value is -1.32. The predicted octanol–water partition coefficient (Wildman–Crippen LogP) is 2.51. The standard InChI is InChI=1S/C14H22N6S3/c1-15-12(16-5-4-7-21-14-17-6-8-22-14)18-9-11-10-23-13(19-11)20(2)3/h6,8,10H,4-5,7,9H2,1-3H3,(H2,15,16,18). The van der Waals surface area contributed by atoms with Crippen molar-refractivity contribution in [3.05, 3.63) is 22.7 Å². The maximum Gasteiger partial charge on any atom is 0.191 e. The molecule has 23 heavy (non-hydrogen) atoms. The molecule has 2 aromatic heterocycles. The molecule has 0 aliphatic carbocycles. The van der Waals surface area contributed by atoms with Gasteiger partial charge in [0.15, 0.2) is 11.1 Å². The van der Waals surface area contributed by atoms with Crippen molar-refractivity contribution >= 4 is 45.5 Å². The molecule has 0 aliphatic heterocycles. The molecule has 6 nitrogen and oxygen atoms in total. The molecular formula is C14H22N6S3. The number of guanidine groups is 1. The number of thiazole rings is 2. The number of rotatable bonds is 8. The molecule has 0 saturated carbocycles. The molecule has 0 amide bonds. The third-order valence-electron chi connectivity index (χ3n) is 2.83. The van der Waals surface area contributed by atoms with Crippen LogP contribution in [0, 0.1) is 0 Å². The zero-order valence-electron chi connectivity index (χ0n) is 13.6. The smallest absolute Gasteiger partial charge is 0.191 e. The maximum atomic E-state index is 4.54. The molecule has 0 fully saturated rings. The van der Waals surface area contributed by atoms with Crippen LogP contribution in [0.3, 0.4) is 0 Å². The fraction of sp³-hybridized carbons (Fsp3) is 0.500. The molecular weight excluding hydrogens is 348 g/mol. The first-order valence-electron chi connectivity index (χ1n) is 7.27. The van der Waals surface area contributed by atoms with Crippen molar-refractivity contribution < 1.29 is 0 Å². The second kappa shape index (κ2) is 9.74. The topological polar surface area (TPSA) is 65.4 Å². The summed E-state index contributed by atoms with van der Waals surface area (Å²) >= 11 is 5.13. The first-order chi connectivity index (χ1) is 11.2. The van der Waals surface area contributed by atoms with E-state index in [0.717, 1.165) is 39.8 Å². The van der Waals surface area contributed by atoms with Gasteiger partial charge in [-0.05, 0) is 6.42 Å². The number of hydrogen-bond acceptors (Lipinski definition) is 7. The Morgan fingerprint density at radius 3 is 2.87 bits per heavy atom. The van der Waals surface area contributed by atoms with E-state index in [0.29, 0.717) is 6.54 Å².